The number of hydrogen-bond donors (Lipinski definition) is 1. The Balaban J connectivity index is 1.83. The van der Waals surface area contributed by atoms with Gasteiger partial charge in [0.25, 0.3) is 0 Å². The number of carboxylic acids is 1. The van der Waals surface area contributed by atoms with Gasteiger partial charge in [-0.3, -0.25) is 9.59 Å². The molecule has 1 fully saturated rings. The van der Waals surface area contributed by atoms with Crippen LogP contribution >= 0.6 is 0 Å². The SMILES string of the molecule is CN(CCOc1ccccc1)C(=O)C1C(C(=O)O)C1(C)C. The number of carbonyl (C=O) groups is 2. The predicted molar refractivity (Wildman–Crippen MR) is 78.0 cm³/mol. The Hall–Kier alpha value is -2.04. The van der Waals surface area contributed by atoms with Gasteiger partial charge in [-0.1, -0.05) is 32.0 Å². The van der Waals surface area contributed by atoms with E-state index < -0.39 is 23.2 Å². The highest BCUT2D eigenvalue weighted by Crippen LogP contribution is 2.58. The van der Waals surface area contributed by atoms with E-state index in [4.69, 9.17) is 9.84 Å². The van der Waals surface area contributed by atoms with Gasteiger partial charge in [0.05, 0.1) is 18.4 Å². The van der Waals surface area contributed by atoms with Crippen molar-refractivity contribution in [2.24, 2.45) is 17.3 Å². The van der Waals surface area contributed by atoms with Gasteiger partial charge in [0.2, 0.25) is 5.91 Å². The number of ether oxygens (including phenoxy) is 1. The molecule has 1 N–H and O–H groups in total. The first kappa shape index (κ1) is 15.4. The highest BCUT2D eigenvalue weighted by molar-refractivity contribution is 5.91. The van der Waals surface area contributed by atoms with E-state index in [2.05, 4.69) is 0 Å². The van der Waals surface area contributed by atoms with Gasteiger partial charge in [0.1, 0.15) is 12.4 Å². The average Bonchev–Trinajstić information content (AvgIpc) is 3.02. The number of rotatable bonds is 6. The fourth-order valence-electron chi connectivity index (χ4n) is 2.72. The molecule has 2 rings (SSSR count). The van der Waals surface area contributed by atoms with Crippen molar-refractivity contribution < 1.29 is 19.4 Å². The van der Waals surface area contributed by atoms with E-state index in [1.54, 1.807) is 11.9 Å². The number of carbonyl (C=O) groups excluding carboxylic acids is 1. The fraction of sp³-hybridized carbons (Fsp3) is 0.500. The van der Waals surface area contributed by atoms with Crippen molar-refractivity contribution in [3.8, 4) is 5.75 Å². The first-order valence-electron chi connectivity index (χ1n) is 7.01. The number of aliphatic carboxylic acids is 1. The molecule has 114 valence electrons. The van der Waals surface area contributed by atoms with E-state index in [0.717, 1.165) is 5.75 Å². The fourth-order valence-corrected chi connectivity index (χ4v) is 2.72. The summed E-state index contributed by atoms with van der Waals surface area (Å²) in [5.41, 5.74) is -0.461. The lowest BCUT2D eigenvalue weighted by Crippen LogP contribution is -2.33. The van der Waals surface area contributed by atoms with Crippen LogP contribution in [0.5, 0.6) is 5.75 Å². The Labute approximate surface area is 124 Å². The zero-order valence-corrected chi connectivity index (χ0v) is 12.6. The molecular weight excluding hydrogens is 270 g/mol. The molecule has 2 unspecified atom stereocenters. The summed E-state index contributed by atoms with van der Waals surface area (Å²) in [6.07, 6.45) is 0. The topological polar surface area (TPSA) is 66.8 Å². The summed E-state index contributed by atoms with van der Waals surface area (Å²) in [5, 5.41) is 9.12. The van der Waals surface area contributed by atoms with Gasteiger partial charge in [0, 0.05) is 7.05 Å². The van der Waals surface area contributed by atoms with Crippen LogP contribution in [-0.2, 0) is 9.59 Å². The van der Waals surface area contributed by atoms with E-state index in [-0.39, 0.29) is 5.91 Å². The number of benzene rings is 1. The number of nitrogens with zero attached hydrogens (tertiary/aromatic N) is 1. The van der Waals surface area contributed by atoms with E-state index in [9.17, 15) is 9.59 Å². The first-order chi connectivity index (χ1) is 9.85. The molecule has 0 aromatic heterocycles. The summed E-state index contributed by atoms with van der Waals surface area (Å²) in [5.74, 6) is -1.27. The summed E-state index contributed by atoms with van der Waals surface area (Å²) >= 11 is 0. The van der Waals surface area contributed by atoms with Crippen LogP contribution < -0.4 is 4.74 Å². The predicted octanol–water partition coefficient (Wildman–Crippen LogP) is 1.88. The molecule has 1 aromatic rings. The van der Waals surface area contributed by atoms with Crippen molar-refractivity contribution in [3.05, 3.63) is 30.3 Å². The Morgan fingerprint density at radius 1 is 1.24 bits per heavy atom. The maximum absolute atomic E-state index is 12.3. The van der Waals surface area contributed by atoms with Gasteiger partial charge in [-0.25, -0.2) is 0 Å². The number of likely N-dealkylation sites (N-methyl/N-ethyl adjacent to an activating group) is 1. The van der Waals surface area contributed by atoms with Crippen molar-refractivity contribution in [1.82, 2.24) is 4.90 Å². The molecular formula is C16H21NO4. The monoisotopic (exact) mass is 291 g/mol. The quantitative estimate of drug-likeness (QED) is 0.869. The highest BCUT2D eigenvalue weighted by atomic mass is 16.5. The minimum atomic E-state index is -0.896. The van der Waals surface area contributed by atoms with Crippen LogP contribution in [0.2, 0.25) is 0 Å². The summed E-state index contributed by atoms with van der Waals surface area (Å²) < 4.78 is 5.54. The van der Waals surface area contributed by atoms with Crippen LogP contribution in [-0.4, -0.2) is 42.1 Å². The summed E-state index contributed by atoms with van der Waals surface area (Å²) in [6.45, 7) is 4.47. The molecule has 0 bridgehead atoms. The minimum absolute atomic E-state index is 0.121. The Bertz CT molecular complexity index is 526. The van der Waals surface area contributed by atoms with Crippen LogP contribution in [0.1, 0.15) is 13.8 Å². The molecule has 1 aliphatic rings. The van der Waals surface area contributed by atoms with Crippen molar-refractivity contribution in [2.45, 2.75) is 13.8 Å². The summed E-state index contributed by atoms with van der Waals surface area (Å²) in [6, 6.07) is 9.38. The van der Waals surface area contributed by atoms with Gasteiger partial charge >= 0.3 is 5.97 Å². The third-order valence-corrected chi connectivity index (χ3v) is 4.17. The Morgan fingerprint density at radius 2 is 1.86 bits per heavy atom. The molecule has 1 amide bonds. The molecule has 0 spiro atoms. The van der Waals surface area contributed by atoms with E-state index in [1.807, 2.05) is 44.2 Å². The van der Waals surface area contributed by atoms with Crippen LogP contribution in [0.3, 0.4) is 0 Å². The van der Waals surface area contributed by atoms with Gasteiger partial charge in [-0.2, -0.15) is 0 Å². The molecule has 1 aliphatic carbocycles. The molecule has 2 atom stereocenters. The van der Waals surface area contributed by atoms with Crippen molar-refractivity contribution in [2.75, 3.05) is 20.2 Å². The Morgan fingerprint density at radius 3 is 2.38 bits per heavy atom. The van der Waals surface area contributed by atoms with Gasteiger partial charge < -0.3 is 14.7 Å². The molecule has 0 aliphatic heterocycles. The molecule has 1 saturated carbocycles. The van der Waals surface area contributed by atoms with Gasteiger partial charge in [0.15, 0.2) is 0 Å². The molecule has 5 nitrogen and oxygen atoms in total. The summed E-state index contributed by atoms with van der Waals surface area (Å²) in [4.78, 5) is 25.0. The second-order valence-electron chi connectivity index (χ2n) is 6.04. The van der Waals surface area contributed by atoms with Crippen LogP contribution in [0, 0.1) is 17.3 Å². The van der Waals surface area contributed by atoms with Crippen molar-refractivity contribution in [1.29, 1.82) is 0 Å². The number of amides is 1. The second-order valence-corrected chi connectivity index (χ2v) is 6.04. The smallest absolute Gasteiger partial charge is 0.307 e. The molecule has 21 heavy (non-hydrogen) atoms. The maximum atomic E-state index is 12.3. The standard InChI is InChI=1S/C16H21NO4/c1-16(2)12(13(16)15(19)20)14(18)17(3)9-10-21-11-7-5-4-6-8-11/h4-8,12-13H,9-10H2,1-3H3,(H,19,20). The van der Waals surface area contributed by atoms with E-state index >= 15 is 0 Å². The second kappa shape index (κ2) is 5.76. The minimum Gasteiger partial charge on any atom is -0.492 e. The van der Waals surface area contributed by atoms with E-state index in [0.29, 0.717) is 13.2 Å². The molecule has 0 heterocycles. The highest BCUT2D eigenvalue weighted by Gasteiger charge is 2.66. The molecule has 0 radical (unpaired) electrons. The molecule has 1 aromatic carbocycles. The number of para-hydroxylation sites is 1. The largest absolute Gasteiger partial charge is 0.492 e. The third kappa shape index (κ3) is 3.17. The van der Waals surface area contributed by atoms with Crippen molar-refractivity contribution >= 4 is 11.9 Å². The zero-order chi connectivity index (χ0) is 15.6. The van der Waals surface area contributed by atoms with E-state index in [1.165, 1.54) is 0 Å². The van der Waals surface area contributed by atoms with Crippen LogP contribution in [0.15, 0.2) is 30.3 Å². The number of hydrogen-bond acceptors (Lipinski definition) is 3. The van der Waals surface area contributed by atoms with Crippen molar-refractivity contribution in [3.63, 3.8) is 0 Å². The third-order valence-electron chi connectivity index (χ3n) is 4.17. The first-order valence-corrected chi connectivity index (χ1v) is 7.01. The lowest BCUT2D eigenvalue weighted by atomic mass is 10.1. The van der Waals surface area contributed by atoms with Gasteiger partial charge in [-0.15, -0.1) is 0 Å². The number of carboxylic acid groups (broad SMARTS) is 1. The zero-order valence-electron chi connectivity index (χ0n) is 12.6. The summed E-state index contributed by atoms with van der Waals surface area (Å²) in [7, 11) is 1.68. The molecule has 5 heteroatoms. The lowest BCUT2D eigenvalue weighted by Gasteiger charge is -2.18. The molecule has 0 saturated heterocycles. The van der Waals surface area contributed by atoms with Crippen LogP contribution in [0.25, 0.3) is 0 Å². The normalized spacial score (nSPS) is 22.4. The Kier molecular flexibility index (Phi) is 4.21. The maximum Gasteiger partial charge on any atom is 0.307 e. The van der Waals surface area contributed by atoms with Gasteiger partial charge in [-0.05, 0) is 17.5 Å². The van der Waals surface area contributed by atoms with Crippen LogP contribution in [0.4, 0.5) is 0 Å². The lowest BCUT2D eigenvalue weighted by molar-refractivity contribution is -0.141. The average molecular weight is 291 g/mol.